The van der Waals surface area contributed by atoms with Crippen molar-refractivity contribution in [1.82, 2.24) is 9.55 Å². The maximum atomic E-state index is 13.4. The predicted molar refractivity (Wildman–Crippen MR) is 128 cm³/mol. The standard InChI is InChI=1S/C25H28ClN3O3/c1-5-29-24(28-22-18-10-8-7-9-16(18)13-21(22)32-6-2)15(3)27-23(25(29)30)19-12-11-17(31-4)14-20(19)26/h7-12,14,21-22,28H,5-6,13H2,1-4H3/t21-,22+/m0/s1. The van der Waals surface area contributed by atoms with E-state index in [2.05, 4.69) is 22.4 Å². The molecule has 0 amide bonds. The summed E-state index contributed by atoms with van der Waals surface area (Å²) in [5.41, 5.74) is 3.92. The van der Waals surface area contributed by atoms with Crippen LogP contribution in [0.1, 0.15) is 36.7 Å². The summed E-state index contributed by atoms with van der Waals surface area (Å²) in [6.07, 6.45) is 0.831. The Kier molecular flexibility index (Phi) is 6.53. The third-order valence-corrected chi connectivity index (χ3v) is 6.26. The van der Waals surface area contributed by atoms with Crippen molar-refractivity contribution in [2.24, 2.45) is 0 Å². The van der Waals surface area contributed by atoms with E-state index < -0.39 is 0 Å². The quantitative estimate of drug-likeness (QED) is 0.544. The SMILES string of the molecule is CCO[C@H]1Cc2ccccc2[C@H]1Nc1c(C)nc(-c2ccc(OC)cc2Cl)c(=O)n1CC. The Balaban J connectivity index is 1.78. The van der Waals surface area contributed by atoms with Crippen molar-refractivity contribution in [3.8, 4) is 17.0 Å². The van der Waals surface area contributed by atoms with E-state index in [1.165, 1.54) is 11.1 Å². The van der Waals surface area contributed by atoms with Gasteiger partial charge in [-0.25, -0.2) is 4.98 Å². The summed E-state index contributed by atoms with van der Waals surface area (Å²) in [4.78, 5) is 18.1. The fourth-order valence-corrected chi connectivity index (χ4v) is 4.67. The number of nitrogens with one attached hydrogen (secondary N) is 1. The third kappa shape index (κ3) is 4.00. The Morgan fingerprint density at radius 3 is 2.69 bits per heavy atom. The minimum atomic E-state index is -0.188. The van der Waals surface area contributed by atoms with Gasteiger partial charge in [0.2, 0.25) is 0 Å². The summed E-state index contributed by atoms with van der Waals surface area (Å²) in [6, 6.07) is 13.5. The van der Waals surface area contributed by atoms with Crippen LogP contribution in [0.3, 0.4) is 0 Å². The number of anilines is 1. The molecule has 1 heterocycles. The van der Waals surface area contributed by atoms with Gasteiger partial charge in [0.1, 0.15) is 17.3 Å². The molecule has 7 heteroatoms. The molecule has 1 aliphatic rings. The molecule has 1 N–H and O–H groups in total. The zero-order chi connectivity index (χ0) is 22.8. The number of halogens is 1. The number of hydrogen-bond donors (Lipinski definition) is 1. The molecular formula is C25H28ClN3O3. The minimum Gasteiger partial charge on any atom is -0.497 e. The Morgan fingerprint density at radius 2 is 2.00 bits per heavy atom. The number of methoxy groups -OCH3 is 1. The van der Waals surface area contributed by atoms with Crippen molar-refractivity contribution in [1.29, 1.82) is 0 Å². The number of rotatable bonds is 7. The number of nitrogens with zero attached hydrogens (tertiary/aromatic N) is 2. The number of hydrogen-bond acceptors (Lipinski definition) is 5. The Labute approximate surface area is 193 Å². The van der Waals surface area contributed by atoms with E-state index in [4.69, 9.17) is 21.1 Å². The van der Waals surface area contributed by atoms with Gasteiger partial charge < -0.3 is 14.8 Å². The Hall–Kier alpha value is -2.83. The molecule has 6 nitrogen and oxygen atoms in total. The van der Waals surface area contributed by atoms with Crippen LogP contribution >= 0.6 is 11.6 Å². The van der Waals surface area contributed by atoms with Crippen LogP contribution in [-0.4, -0.2) is 29.4 Å². The maximum absolute atomic E-state index is 13.4. The Morgan fingerprint density at radius 1 is 1.22 bits per heavy atom. The van der Waals surface area contributed by atoms with Crippen molar-refractivity contribution in [3.05, 3.63) is 74.7 Å². The topological polar surface area (TPSA) is 65.4 Å². The van der Waals surface area contributed by atoms with E-state index in [9.17, 15) is 4.79 Å². The highest BCUT2D eigenvalue weighted by Crippen LogP contribution is 2.37. The van der Waals surface area contributed by atoms with Crippen molar-refractivity contribution < 1.29 is 9.47 Å². The predicted octanol–water partition coefficient (Wildman–Crippen LogP) is 5.02. The summed E-state index contributed by atoms with van der Waals surface area (Å²) in [7, 11) is 1.58. The molecule has 1 aliphatic carbocycles. The van der Waals surface area contributed by atoms with Gasteiger partial charge in [0.15, 0.2) is 0 Å². The number of aromatic nitrogens is 2. The minimum absolute atomic E-state index is 0.00656. The lowest BCUT2D eigenvalue weighted by Crippen LogP contribution is -2.31. The fourth-order valence-electron chi connectivity index (χ4n) is 4.41. The zero-order valence-corrected chi connectivity index (χ0v) is 19.6. The van der Waals surface area contributed by atoms with Crippen LogP contribution in [0.25, 0.3) is 11.3 Å². The molecular weight excluding hydrogens is 426 g/mol. The van der Waals surface area contributed by atoms with Gasteiger partial charge in [0, 0.05) is 25.1 Å². The van der Waals surface area contributed by atoms with Crippen molar-refractivity contribution in [3.63, 3.8) is 0 Å². The van der Waals surface area contributed by atoms with Gasteiger partial charge in [0.05, 0.1) is 30.0 Å². The van der Waals surface area contributed by atoms with Crippen LogP contribution in [-0.2, 0) is 17.7 Å². The van der Waals surface area contributed by atoms with Gasteiger partial charge in [-0.2, -0.15) is 0 Å². The van der Waals surface area contributed by atoms with Crippen LogP contribution in [0.2, 0.25) is 5.02 Å². The van der Waals surface area contributed by atoms with E-state index in [-0.39, 0.29) is 17.7 Å². The number of ether oxygens (including phenoxy) is 2. The van der Waals surface area contributed by atoms with Gasteiger partial charge >= 0.3 is 0 Å². The summed E-state index contributed by atoms with van der Waals surface area (Å²) in [6.45, 7) is 6.99. The first kappa shape index (κ1) is 22.4. The molecule has 0 saturated heterocycles. The molecule has 0 spiro atoms. The summed E-state index contributed by atoms with van der Waals surface area (Å²) < 4.78 is 13.0. The maximum Gasteiger partial charge on any atom is 0.278 e. The second-order valence-corrected chi connectivity index (χ2v) is 8.22. The van der Waals surface area contributed by atoms with Crippen molar-refractivity contribution >= 4 is 17.4 Å². The molecule has 168 valence electrons. The Bertz CT molecular complexity index is 1190. The van der Waals surface area contributed by atoms with Gasteiger partial charge in [-0.1, -0.05) is 35.9 Å². The van der Waals surface area contributed by atoms with E-state index in [0.717, 1.165) is 12.1 Å². The fraction of sp³-hybridized carbons (Fsp3) is 0.360. The number of aryl methyl sites for hydroxylation is 1. The van der Waals surface area contributed by atoms with Gasteiger partial charge in [-0.15, -0.1) is 0 Å². The van der Waals surface area contributed by atoms with Crippen molar-refractivity contribution in [2.45, 2.75) is 45.9 Å². The first-order valence-corrected chi connectivity index (χ1v) is 11.3. The lowest BCUT2D eigenvalue weighted by Gasteiger charge is -2.26. The van der Waals surface area contributed by atoms with E-state index in [0.29, 0.717) is 41.0 Å². The molecule has 0 radical (unpaired) electrons. The van der Waals surface area contributed by atoms with Gasteiger partial charge in [-0.3, -0.25) is 9.36 Å². The monoisotopic (exact) mass is 453 g/mol. The molecule has 2 atom stereocenters. The van der Waals surface area contributed by atoms with Gasteiger partial charge in [-0.05, 0) is 50.1 Å². The molecule has 0 unspecified atom stereocenters. The first-order chi connectivity index (χ1) is 15.5. The highest BCUT2D eigenvalue weighted by atomic mass is 35.5. The van der Waals surface area contributed by atoms with E-state index in [1.54, 1.807) is 29.9 Å². The van der Waals surface area contributed by atoms with Crippen LogP contribution in [0, 0.1) is 6.92 Å². The summed E-state index contributed by atoms with van der Waals surface area (Å²) in [5, 5.41) is 4.02. The van der Waals surface area contributed by atoms with Crippen LogP contribution in [0.15, 0.2) is 47.3 Å². The highest BCUT2D eigenvalue weighted by Gasteiger charge is 2.34. The molecule has 0 fully saturated rings. The second kappa shape index (κ2) is 9.35. The molecule has 0 bridgehead atoms. The number of benzene rings is 2. The molecule has 0 aliphatic heterocycles. The smallest absolute Gasteiger partial charge is 0.278 e. The molecule has 3 aromatic rings. The molecule has 2 aromatic carbocycles. The van der Waals surface area contributed by atoms with Crippen LogP contribution in [0.5, 0.6) is 5.75 Å². The molecule has 1 aromatic heterocycles. The van der Waals surface area contributed by atoms with Crippen LogP contribution < -0.4 is 15.6 Å². The second-order valence-electron chi connectivity index (χ2n) is 7.81. The molecule has 0 saturated carbocycles. The van der Waals surface area contributed by atoms with Crippen molar-refractivity contribution in [2.75, 3.05) is 19.0 Å². The van der Waals surface area contributed by atoms with E-state index in [1.807, 2.05) is 32.9 Å². The summed E-state index contributed by atoms with van der Waals surface area (Å²) in [5.74, 6) is 1.34. The first-order valence-electron chi connectivity index (χ1n) is 10.9. The largest absolute Gasteiger partial charge is 0.497 e. The molecule has 4 rings (SSSR count). The van der Waals surface area contributed by atoms with Crippen LogP contribution in [0.4, 0.5) is 5.82 Å². The lowest BCUT2D eigenvalue weighted by atomic mass is 10.1. The molecule has 32 heavy (non-hydrogen) atoms. The number of fused-ring (bicyclic) bond motifs is 1. The van der Waals surface area contributed by atoms with E-state index >= 15 is 0 Å². The normalized spacial score (nSPS) is 17.3. The zero-order valence-electron chi connectivity index (χ0n) is 18.8. The van der Waals surface area contributed by atoms with Gasteiger partial charge in [0.25, 0.3) is 5.56 Å². The lowest BCUT2D eigenvalue weighted by molar-refractivity contribution is 0.0572. The average molecular weight is 454 g/mol. The summed E-state index contributed by atoms with van der Waals surface area (Å²) >= 11 is 6.45. The average Bonchev–Trinajstić information content (AvgIpc) is 3.13. The third-order valence-electron chi connectivity index (χ3n) is 5.94. The highest BCUT2D eigenvalue weighted by molar-refractivity contribution is 6.33.